The van der Waals surface area contributed by atoms with Gasteiger partial charge in [0, 0.05) is 49.0 Å². The molecule has 0 saturated carbocycles. The average Bonchev–Trinajstić information content (AvgIpc) is 3.02. The zero-order chi connectivity index (χ0) is 19.9. The van der Waals surface area contributed by atoms with Crippen molar-refractivity contribution in [3.8, 4) is 11.3 Å². The summed E-state index contributed by atoms with van der Waals surface area (Å²) in [7, 11) is 3.04. The highest BCUT2D eigenvalue weighted by molar-refractivity contribution is 9.10. The smallest absolute Gasteiger partial charge is 0.330 e. The first kappa shape index (κ1) is 19.1. The molecule has 9 heteroatoms. The van der Waals surface area contributed by atoms with Gasteiger partial charge in [-0.3, -0.25) is 24.0 Å². The van der Waals surface area contributed by atoms with Crippen LogP contribution in [0, 0.1) is 10.1 Å². The number of halogens is 1. The van der Waals surface area contributed by atoms with Crippen molar-refractivity contribution in [1.29, 1.82) is 0 Å². The van der Waals surface area contributed by atoms with Gasteiger partial charge in [-0.2, -0.15) is 0 Å². The highest BCUT2D eigenvalue weighted by atomic mass is 79.9. The summed E-state index contributed by atoms with van der Waals surface area (Å²) in [5.41, 5.74) is 0.733. The van der Waals surface area contributed by atoms with E-state index in [0.717, 1.165) is 17.4 Å². The molecule has 0 radical (unpaired) electrons. The summed E-state index contributed by atoms with van der Waals surface area (Å²) in [6, 6.07) is 4.46. The topological polar surface area (TPSA) is 92.1 Å². The first-order valence-electron chi connectivity index (χ1n) is 8.51. The average molecular weight is 435 g/mol. The Morgan fingerprint density at radius 2 is 1.89 bits per heavy atom. The lowest BCUT2D eigenvalue weighted by Crippen LogP contribution is -2.36. The minimum Gasteiger partial charge on any atom is -0.345 e. The van der Waals surface area contributed by atoms with Gasteiger partial charge in [0.05, 0.1) is 21.5 Å². The molecule has 0 saturated heterocycles. The molecule has 2 heterocycles. The third kappa shape index (κ3) is 3.12. The Kier molecular flexibility index (Phi) is 5.05. The largest absolute Gasteiger partial charge is 0.345 e. The van der Waals surface area contributed by atoms with E-state index < -0.39 is 16.2 Å². The molecule has 27 heavy (non-hydrogen) atoms. The Labute approximate surface area is 162 Å². The molecule has 0 N–H and O–H groups in total. The number of hydrogen-bond acceptors (Lipinski definition) is 4. The molecule has 2 aromatic heterocycles. The minimum atomic E-state index is -0.467. The van der Waals surface area contributed by atoms with Gasteiger partial charge in [-0.25, -0.2) is 4.79 Å². The van der Waals surface area contributed by atoms with E-state index in [2.05, 4.69) is 22.9 Å². The molecule has 0 aliphatic carbocycles. The van der Waals surface area contributed by atoms with E-state index in [-0.39, 0.29) is 5.69 Å². The summed E-state index contributed by atoms with van der Waals surface area (Å²) in [4.78, 5) is 36.0. The molecule has 142 valence electrons. The van der Waals surface area contributed by atoms with Crippen molar-refractivity contribution in [2.75, 3.05) is 0 Å². The molecule has 0 atom stereocenters. The third-order valence-corrected chi connectivity index (χ3v) is 5.37. The summed E-state index contributed by atoms with van der Waals surface area (Å²) in [6.07, 6.45) is 3.59. The normalized spacial score (nSPS) is 11.3. The van der Waals surface area contributed by atoms with Crippen LogP contribution in [0.5, 0.6) is 0 Å². The third-order valence-electron chi connectivity index (χ3n) is 4.68. The van der Waals surface area contributed by atoms with E-state index >= 15 is 0 Å². The van der Waals surface area contributed by atoms with Crippen LogP contribution in [0.1, 0.15) is 19.8 Å². The highest BCUT2D eigenvalue weighted by Crippen LogP contribution is 2.36. The van der Waals surface area contributed by atoms with Crippen molar-refractivity contribution >= 4 is 32.5 Å². The maximum atomic E-state index is 12.9. The minimum absolute atomic E-state index is 0.0637. The van der Waals surface area contributed by atoms with Gasteiger partial charge in [0.2, 0.25) is 0 Å². The Morgan fingerprint density at radius 3 is 2.52 bits per heavy atom. The van der Waals surface area contributed by atoms with Gasteiger partial charge in [-0.1, -0.05) is 29.3 Å². The predicted octanol–water partition coefficient (Wildman–Crippen LogP) is 3.18. The van der Waals surface area contributed by atoms with Gasteiger partial charge < -0.3 is 4.57 Å². The number of aryl methyl sites for hydroxylation is 2. The fraction of sp³-hybridized carbons (Fsp3) is 0.333. The fourth-order valence-electron chi connectivity index (χ4n) is 3.19. The van der Waals surface area contributed by atoms with Crippen LogP contribution in [0.4, 0.5) is 5.69 Å². The van der Waals surface area contributed by atoms with Crippen LogP contribution in [-0.4, -0.2) is 18.6 Å². The number of nitro benzene ring substituents is 1. The molecule has 8 nitrogen and oxygen atoms in total. The fourth-order valence-corrected chi connectivity index (χ4v) is 3.63. The second kappa shape index (κ2) is 7.15. The number of hydrogen-bond donors (Lipinski definition) is 0. The van der Waals surface area contributed by atoms with Crippen LogP contribution < -0.4 is 11.2 Å². The molecule has 0 amide bonds. The molecular weight excluding hydrogens is 416 g/mol. The van der Waals surface area contributed by atoms with E-state index in [1.54, 1.807) is 19.3 Å². The number of non-ortho nitro benzene ring substituents is 1. The number of rotatable bonds is 5. The van der Waals surface area contributed by atoms with Crippen LogP contribution in [0.3, 0.4) is 0 Å². The molecule has 3 rings (SSSR count). The standard InChI is InChI=1S/C18H19BrN4O4/c1-4-5-8-22-10-14-15(17(24)21(3)18(25)20(14)2)16(22)12-9-11(23(26)27)6-7-13(12)19/h6-7,9-10H,4-5,8H2,1-3H3. The van der Waals surface area contributed by atoms with Gasteiger partial charge in [0.25, 0.3) is 11.2 Å². The highest BCUT2D eigenvalue weighted by Gasteiger charge is 2.22. The van der Waals surface area contributed by atoms with E-state index in [0.29, 0.717) is 33.2 Å². The van der Waals surface area contributed by atoms with E-state index in [9.17, 15) is 19.7 Å². The van der Waals surface area contributed by atoms with Crippen LogP contribution in [0.15, 0.2) is 38.5 Å². The molecule has 0 fully saturated rings. The van der Waals surface area contributed by atoms with Gasteiger partial charge in [0.1, 0.15) is 0 Å². The maximum Gasteiger partial charge on any atom is 0.330 e. The predicted molar refractivity (Wildman–Crippen MR) is 107 cm³/mol. The number of benzene rings is 1. The van der Waals surface area contributed by atoms with Crippen molar-refractivity contribution < 1.29 is 4.92 Å². The molecule has 0 bridgehead atoms. The second-order valence-electron chi connectivity index (χ2n) is 6.41. The number of nitro groups is 1. The van der Waals surface area contributed by atoms with Crippen molar-refractivity contribution in [3.63, 3.8) is 0 Å². The Hall–Kier alpha value is -2.68. The van der Waals surface area contributed by atoms with Crippen LogP contribution >= 0.6 is 15.9 Å². The summed E-state index contributed by atoms with van der Waals surface area (Å²) >= 11 is 3.45. The Morgan fingerprint density at radius 1 is 1.19 bits per heavy atom. The molecule has 0 aliphatic rings. The van der Waals surface area contributed by atoms with Crippen molar-refractivity contribution in [2.45, 2.75) is 26.3 Å². The zero-order valence-corrected chi connectivity index (χ0v) is 16.8. The molecule has 0 spiro atoms. The molecular formula is C18H19BrN4O4. The summed E-state index contributed by atoms with van der Waals surface area (Å²) in [6.45, 7) is 2.69. The zero-order valence-electron chi connectivity index (χ0n) is 15.2. The van der Waals surface area contributed by atoms with Crippen LogP contribution in [0.2, 0.25) is 0 Å². The lowest BCUT2D eigenvalue weighted by atomic mass is 10.1. The van der Waals surface area contributed by atoms with Crippen molar-refractivity contribution in [3.05, 3.63) is 59.8 Å². The molecule has 0 aliphatic heterocycles. The van der Waals surface area contributed by atoms with E-state index in [1.807, 2.05) is 4.57 Å². The van der Waals surface area contributed by atoms with Gasteiger partial charge in [0.15, 0.2) is 0 Å². The lowest BCUT2D eigenvalue weighted by Gasteiger charge is -2.11. The number of unbranched alkanes of at least 4 members (excludes halogenated alkanes) is 1. The van der Waals surface area contributed by atoms with Gasteiger partial charge in [-0.05, 0) is 12.5 Å². The molecule has 0 unspecified atom stereocenters. The lowest BCUT2D eigenvalue weighted by molar-refractivity contribution is -0.384. The van der Waals surface area contributed by atoms with Crippen LogP contribution in [0.25, 0.3) is 22.2 Å². The summed E-state index contributed by atoms with van der Waals surface area (Å²) < 4.78 is 5.02. The van der Waals surface area contributed by atoms with Crippen molar-refractivity contribution in [2.24, 2.45) is 14.1 Å². The van der Waals surface area contributed by atoms with E-state index in [4.69, 9.17) is 0 Å². The van der Waals surface area contributed by atoms with Crippen molar-refractivity contribution in [1.82, 2.24) is 13.7 Å². The van der Waals surface area contributed by atoms with Crippen LogP contribution in [-0.2, 0) is 20.6 Å². The molecule has 1 aromatic carbocycles. The van der Waals surface area contributed by atoms with Gasteiger partial charge in [-0.15, -0.1) is 0 Å². The Bertz CT molecular complexity index is 1170. The number of nitrogens with zero attached hydrogens (tertiary/aromatic N) is 4. The second-order valence-corrected chi connectivity index (χ2v) is 7.27. The van der Waals surface area contributed by atoms with E-state index in [1.165, 1.54) is 23.7 Å². The Balaban J connectivity index is 2.47. The SMILES string of the molecule is CCCCn1cc2c(c1-c1cc([N+](=O)[O-])ccc1Br)c(=O)n(C)c(=O)n2C. The summed E-state index contributed by atoms with van der Waals surface area (Å²) in [5.74, 6) is 0. The number of fused-ring (bicyclic) bond motifs is 1. The molecule has 3 aromatic rings. The monoisotopic (exact) mass is 434 g/mol. The quantitative estimate of drug-likeness (QED) is 0.455. The summed E-state index contributed by atoms with van der Waals surface area (Å²) in [5, 5.41) is 11.6. The first-order chi connectivity index (χ1) is 12.8. The maximum absolute atomic E-state index is 12.9. The number of aromatic nitrogens is 3. The first-order valence-corrected chi connectivity index (χ1v) is 9.30. The van der Waals surface area contributed by atoms with Gasteiger partial charge >= 0.3 is 5.69 Å².